The van der Waals surface area contributed by atoms with Crippen LogP contribution in [0.1, 0.15) is 6.92 Å². The molecule has 0 rings (SSSR count). The molecule has 0 heterocycles. The van der Waals surface area contributed by atoms with Crippen LogP contribution < -0.4 is 0 Å². The van der Waals surface area contributed by atoms with Gasteiger partial charge in [-0.05, 0) is 19.1 Å². The fourth-order valence-electron chi connectivity index (χ4n) is 0.123. The van der Waals surface area contributed by atoms with Gasteiger partial charge in [-0.1, -0.05) is 12.6 Å². The second-order valence-electron chi connectivity index (χ2n) is 0.699. The molecule has 0 atom stereocenters. The van der Waals surface area contributed by atoms with Gasteiger partial charge in [0.25, 0.3) is 0 Å². The average Bonchev–Trinajstić information content (AvgIpc) is 1.35. The molecule has 0 N–H and O–H groups in total. The Morgan fingerprint density at radius 3 is 2.29 bits per heavy atom. The molecular formula is C3H9OS2Sb. The molecule has 0 saturated heterocycles. The van der Waals surface area contributed by atoms with Crippen LogP contribution in [-0.4, -0.2) is 35.4 Å². The molecule has 0 unspecified atom stereocenters. The van der Waals surface area contributed by atoms with Crippen LogP contribution in [0.2, 0.25) is 0 Å². The molecule has 0 fully saturated rings. The summed E-state index contributed by atoms with van der Waals surface area (Å²) in [6.07, 6.45) is 0. The van der Waals surface area contributed by atoms with Crippen molar-refractivity contribution in [3.63, 3.8) is 0 Å². The van der Waals surface area contributed by atoms with Gasteiger partial charge in [0, 0.05) is 0 Å². The summed E-state index contributed by atoms with van der Waals surface area (Å²) in [5.74, 6) is 0. The summed E-state index contributed by atoms with van der Waals surface area (Å²) in [7, 11) is 0. The minimum absolute atomic E-state index is 0. The van der Waals surface area contributed by atoms with Gasteiger partial charge in [0.15, 0.2) is 0 Å². The fourth-order valence-corrected chi connectivity index (χ4v) is 0.370. The van der Waals surface area contributed by atoms with Crippen molar-refractivity contribution in [2.45, 2.75) is 6.92 Å². The molecule has 0 radical (unpaired) electrons. The number of thiocarbonyl (C=S) groups is 1. The summed E-state index contributed by atoms with van der Waals surface area (Å²) in [5, 5.41) is 0. The average molecular weight is 247 g/mol. The van der Waals surface area contributed by atoms with Crippen molar-refractivity contribution in [2.24, 2.45) is 0 Å². The van der Waals surface area contributed by atoms with E-state index in [1.807, 2.05) is 6.92 Å². The van der Waals surface area contributed by atoms with E-state index in [-0.39, 0.29) is 24.4 Å². The molecule has 0 aliphatic heterocycles. The molecule has 7 heavy (non-hydrogen) atoms. The number of hydrogen-bond donors (Lipinski definition) is 1. The molecule has 0 aromatic heterocycles. The SMILES string of the molecule is CCOC(=S)S.[SbH3]. The van der Waals surface area contributed by atoms with Crippen LogP contribution in [0.15, 0.2) is 0 Å². The molecule has 0 aromatic rings. The van der Waals surface area contributed by atoms with Gasteiger partial charge in [0.05, 0.1) is 6.61 Å². The normalized spacial score (nSPS) is 6.57. The standard InChI is InChI=1S/C3H6OS2.Sb.3H/c1-2-4-3(5)6;;;;/h2H2,1H3,(H,5,6);;;;. The van der Waals surface area contributed by atoms with Crippen molar-refractivity contribution in [3.8, 4) is 0 Å². The van der Waals surface area contributed by atoms with Crippen molar-refractivity contribution in [1.29, 1.82) is 0 Å². The minimum atomic E-state index is 0. The van der Waals surface area contributed by atoms with Gasteiger partial charge in [-0.25, -0.2) is 0 Å². The van der Waals surface area contributed by atoms with E-state index in [1.54, 1.807) is 0 Å². The molecule has 1 nitrogen and oxygen atoms in total. The summed E-state index contributed by atoms with van der Waals surface area (Å²) in [5.41, 5.74) is 0. The van der Waals surface area contributed by atoms with E-state index < -0.39 is 0 Å². The molecule has 0 amide bonds. The number of hydrogen-bond acceptors (Lipinski definition) is 2. The first-order valence-electron chi connectivity index (χ1n) is 1.63. The molecule has 0 aliphatic carbocycles. The molecule has 4 heteroatoms. The topological polar surface area (TPSA) is 9.23 Å². The van der Waals surface area contributed by atoms with Gasteiger partial charge in [-0.3, -0.25) is 0 Å². The second-order valence-corrected chi connectivity index (χ2v) is 1.78. The van der Waals surface area contributed by atoms with E-state index >= 15 is 0 Å². The first-order chi connectivity index (χ1) is 2.77. The molecular weight excluding hydrogens is 238 g/mol. The van der Waals surface area contributed by atoms with Crippen molar-refractivity contribution < 1.29 is 4.74 Å². The Balaban J connectivity index is 0. The van der Waals surface area contributed by atoms with E-state index in [9.17, 15) is 0 Å². The summed E-state index contributed by atoms with van der Waals surface area (Å²) < 4.78 is 4.95. The fraction of sp³-hybridized carbons (Fsp3) is 0.667. The number of rotatable bonds is 1. The zero-order valence-electron chi connectivity index (χ0n) is 4.18. The third kappa shape index (κ3) is 11.0. The Bertz CT molecular complexity index is 56.9. The molecule has 0 bridgehead atoms. The predicted octanol–water partition coefficient (Wildman–Crippen LogP) is 0.0537. The van der Waals surface area contributed by atoms with Gasteiger partial charge >= 0.3 is 24.4 Å². The van der Waals surface area contributed by atoms with E-state index in [2.05, 4.69) is 29.6 Å². The second kappa shape index (κ2) is 7.06. The van der Waals surface area contributed by atoms with Crippen LogP contribution in [0.25, 0.3) is 0 Å². The van der Waals surface area contributed by atoms with Gasteiger partial charge < -0.3 is 4.74 Å². The van der Waals surface area contributed by atoms with Crippen LogP contribution in [0, 0.1) is 0 Å². The van der Waals surface area contributed by atoms with Crippen molar-refractivity contribution in [1.82, 2.24) is 0 Å². The summed E-state index contributed by atoms with van der Waals surface area (Å²) in [4.78, 5) is 0. The zero-order chi connectivity index (χ0) is 4.99. The Morgan fingerprint density at radius 1 is 1.86 bits per heavy atom. The monoisotopic (exact) mass is 246 g/mol. The number of ether oxygens (including phenoxy) is 1. The Morgan fingerprint density at radius 2 is 2.29 bits per heavy atom. The Labute approximate surface area is 71.7 Å². The third-order valence-electron chi connectivity index (χ3n) is 0.268. The van der Waals surface area contributed by atoms with Gasteiger partial charge in [-0.2, -0.15) is 0 Å². The van der Waals surface area contributed by atoms with Crippen LogP contribution in [-0.2, 0) is 4.74 Å². The molecule has 0 saturated carbocycles. The molecule has 0 spiro atoms. The number of thiol groups is 1. The first-order valence-corrected chi connectivity index (χ1v) is 2.48. The quantitative estimate of drug-likeness (QED) is 0.398. The maximum absolute atomic E-state index is 4.64. The van der Waals surface area contributed by atoms with Crippen LogP contribution in [0.4, 0.5) is 0 Å². The van der Waals surface area contributed by atoms with Crippen molar-refractivity contribution in [2.75, 3.05) is 6.61 Å². The van der Waals surface area contributed by atoms with Crippen LogP contribution >= 0.6 is 24.8 Å². The summed E-state index contributed by atoms with van der Waals surface area (Å²) in [6.45, 7) is 2.48. The molecule has 0 aromatic carbocycles. The van der Waals surface area contributed by atoms with Crippen molar-refractivity contribution in [3.05, 3.63) is 0 Å². The van der Waals surface area contributed by atoms with Gasteiger partial charge in [0.2, 0.25) is 4.38 Å². The Kier molecular flexibility index (Phi) is 11.0. The third-order valence-corrected chi connectivity index (χ3v) is 0.515. The van der Waals surface area contributed by atoms with Crippen LogP contribution in [0.5, 0.6) is 0 Å². The van der Waals surface area contributed by atoms with Crippen LogP contribution in [0.3, 0.4) is 0 Å². The summed E-state index contributed by atoms with van der Waals surface area (Å²) in [6, 6.07) is 0. The van der Waals surface area contributed by atoms with E-state index in [1.165, 1.54) is 0 Å². The van der Waals surface area contributed by atoms with Gasteiger partial charge in [0.1, 0.15) is 0 Å². The molecule has 44 valence electrons. The predicted molar refractivity (Wildman–Crippen MR) is 43.1 cm³/mol. The Hall–Kier alpha value is 1.06. The van der Waals surface area contributed by atoms with E-state index in [4.69, 9.17) is 0 Å². The zero-order valence-corrected chi connectivity index (χ0v) is 9.93. The maximum atomic E-state index is 4.64. The van der Waals surface area contributed by atoms with Crippen molar-refractivity contribution >= 4 is 53.7 Å². The summed E-state index contributed by atoms with van der Waals surface area (Å²) >= 11 is 8.12. The first kappa shape index (κ1) is 10.9. The van der Waals surface area contributed by atoms with E-state index in [0.717, 1.165) is 0 Å². The van der Waals surface area contributed by atoms with Gasteiger partial charge in [-0.15, -0.1) is 0 Å². The van der Waals surface area contributed by atoms with E-state index in [0.29, 0.717) is 11.0 Å². The molecule has 0 aliphatic rings.